The van der Waals surface area contributed by atoms with Gasteiger partial charge in [0.1, 0.15) is 11.6 Å². The maximum absolute atomic E-state index is 13.9. The fourth-order valence-electron chi connectivity index (χ4n) is 2.97. The van der Waals surface area contributed by atoms with E-state index in [1.807, 2.05) is 12.1 Å². The molecule has 2 aromatic rings. The monoisotopic (exact) mass is 354 g/mol. The van der Waals surface area contributed by atoms with Crippen molar-refractivity contribution in [2.75, 3.05) is 13.6 Å². The highest BCUT2D eigenvalue weighted by Gasteiger charge is 2.44. The van der Waals surface area contributed by atoms with Crippen LogP contribution in [0.1, 0.15) is 29.5 Å². The third kappa shape index (κ3) is 3.99. The molecule has 134 valence electrons. The molecule has 26 heavy (non-hydrogen) atoms. The van der Waals surface area contributed by atoms with Gasteiger partial charge in [0.25, 0.3) is 0 Å². The smallest absolute Gasteiger partial charge is 0.191 e. The maximum atomic E-state index is 13.9. The van der Waals surface area contributed by atoms with Crippen LogP contribution in [0.5, 0.6) is 0 Å². The van der Waals surface area contributed by atoms with Crippen LogP contribution in [-0.2, 0) is 12.0 Å². The molecule has 1 aliphatic carbocycles. The normalized spacial score (nSPS) is 15.2. The van der Waals surface area contributed by atoms with Gasteiger partial charge < -0.3 is 10.6 Å². The first-order chi connectivity index (χ1) is 12.6. The van der Waals surface area contributed by atoms with Crippen LogP contribution in [0.25, 0.3) is 0 Å². The summed E-state index contributed by atoms with van der Waals surface area (Å²) in [6.45, 7) is 0.838. The Balaban J connectivity index is 1.60. The number of nitriles is 1. The summed E-state index contributed by atoms with van der Waals surface area (Å²) in [7, 11) is 1.64. The van der Waals surface area contributed by atoms with E-state index < -0.39 is 0 Å². The fourth-order valence-corrected chi connectivity index (χ4v) is 2.97. The molecular formula is C20H20F2N4. The average Bonchev–Trinajstić information content (AvgIpc) is 3.44. The van der Waals surface area contributed by atoms with E-state index in [2.05, 4.69) is 15.6 Å². The summed E-state index contributed by atoms with van der Waals surface area (Å²) in [5.74, 6) is -0.0658. The zero-order chi connectivity index (χ0) is 18.6. The number of rotatable bonds is 5. The third-order valence-electron chi connectivity index (χ3n) is 4.73. The number of hydrogen-bond donors (Lipinski definition) is 2. The topological polar surface area (TPSA) is 60.2 Å². The third-order valence-corrected chi connectivity index (χ3v) is 4.73. The molecule has 1 fully saturated rings. The van der Waals surface area contributed by atoms with Crippen molar-refractivity contribution in [1.29, 1.82) is 5.26 Å². The molecule has 1 saturated carbocycles. The molecule has 0 amide bonds. The summed E-state index contributed by atoms with van der Waals surface area (Å²) < 4.78 is 27.3. The van der Waals surface area contributed by atoms with Crippen molar-refractivity contribution in [2.24, 2.45) is 4.99 Å². The molecular weight excluding hydrogens is 334 g/mol. The number of benzene rings is 2. The second kappa shape index (κ2) is 7.52. The van der Waals surface area contributed by atoms with E-state index in [9.17, 15) is 8.78 Å². The van der Waals surface area contributed by atoms with E-state index in [1.165, 1.54) is 24.3 Å². The molecule has 0 spiro atoms. The molecule has 0 radical (unpaired) electrons. The van der Waals surface area contributed by atoms with Gasteiger partial charge in [0, 0.05) is 31.1 Å². The first-order valence-corrected chi connectivity index (χ1v) is 8.45. The second-order valence-corrected chi connectivity index (χ2v) is 6.49. The highest BCUT2D eigenvalue weighted by atomic mass is 19.1. The van der Waals surface area contributed by atoms with Crippen LogP contribution in [0, 0.1) is 23.0 Å². The van der Waals surface area contributed by atoms with E-state index >= 15 is 0 Å². The number of guanidine groups is 1. The Labute approximate surface area is 151 Å². The molecule has 1 aliphatic rings. The van der Waals surface area contributed by atoms with Crippen LogP contribution in [0.15, 0.2) is 47.5 Å². The van der Waals surface area contributed by atoms with Gasteiger partial charge >= 0.3 is 0 Å². The summed E-state index contributed by atoms with van der Waals surface area (Å²) in [5.41, 5.74) is 1.71. The number of hydrogen-bond acceptors (Lipinski definition) is 2. The highest BCUT2D eigenvalue weighted by Crippen LogP contribution is 2.47. The Kier molecular flexibility index (Phi) is 5.17. The quantitative estimate of drug-likeness (QED) is 0.640. The minimum atomic E-state index is -0.370. The zero-order valence-corrected chi connectivity index (χ0v) is 14.5. The van der Waals surface area contributed by atoms with Gasteiger partial charge in [-0.2, -0.15) is 5.26 Å². The van der Waals surface area contributed by atoms with E-state index in [0.717, 1.165) is 18.4 Å². The zero-order valence-electron chi connectivity index (χ0n) is 14.5. The van der Waals surface area contributed by atoms with Gasteiger partial charge in [0.2, 0.25) is 0 Å². The molecule has 2 aromatic carbocycles. The summed E-state index contributed by atoms with van der Waals surface area (Å²) in [5, 5.41) is 15.2. The molecule has 6 heteroatoms. The number of aliphatic imine (C=N–C) groups is 1. The van der Waals surface area contributed by atoms with Crippen molar-refractivity contribution < 1.29 is 8.78 Å². The average molecular weight is 354 g/mol. The van der Waals surface area contributed by atoms with Crippen molar-refractivity contribution in [3.63, 3.8) is 0 Å². The number of halogens is 2. The van der Waals surface area contributed by atoms with Crippen molar-refractivity contribution in [3.8, 4) is 6.07 Å². The van der Waals surface area contributed by atoms with E-state index in [0.29, 0.717) is 23.6 Å². The SMILES string of the molecule is CN=C(NCc1cc(C#N)ccc1F)NCC1(c2cccc(F)c2)CC1. The Bertz CT molecular complexity index is 866. The largest absolute Gasteiger partial charge is 0.356 e. The lowest BCUT2D eigenvalue weighted by Crippen LogP contribution is -2.41. The van der Waals surface area contributed by atoms with Gasteiger partial charge in [-0.1, -0.05) is 12.1 Å². The highest BCUT2D eigenvalue weighted by molar-refractivity contribution is 5.79. The predicted molar refractivity (Wildman–Crippen MR) is 96.6 cm³/mol. The van der Waals surface area contributed by atoms with Crippen LogP contribution in [0.2, 0.25) is 0 Å². The molecule has 0 aromatic heterocycles. The molecule has 2 N–H and O–H groups in total. The van der Waals surface area contributed by atoms with Crippen LogP contribution in [-0.4, -0.2) is 19.6 Å². The second-order valence-electron chi connectivity index (χ2n) is 6.49. The molecule has 0 unspecified atom stereocenters. The first-order valence-electron chi connectivity index (χ1n) is 8.45. The molecule has 3 rings (SSSR count). The van der Waals surface area contributed by atoms with Gasteiger partial charge in [-0.15, -0.1) is 0 Å². The van der Waals surface area contributed by atoms with Crippen LogP contribution in [0.3, 0.4) is 0 Å². The Hall–Kier alpha value is -2.94. The molecule has 0 bridgehead atoms. The molecule has 0 atom stereocenters. The molecule has 0 aliphatic heterocycles. The Morgan fingerprint density at radius 3 is 2.65 bits per heavy atom. The molecule has 4 nitrogen and oxygen atoms in total. The van der Waals surface area contributed by atoms with Crippen molar-refractivity contribution in [1.82, 2.24) is 10.6 Å². The summed E-state index contributed by atoms with van der Waals surface area (Å²) in [4.78, 5) is 4.15. The minimum Gasteiger partial charge on any atom is -0.356 e. The van der Waals surface area contributed by atoms with Crippen LogP contribution >= 0.6 is 0 Å². The number of nitrogens with zero attached hydrogens (tertiary/aromatic N) is 2. The summed E-state index contributed by atoms with van der Waals surface area (Å²) >= 11 is 0. The maximum Gasteiger partial charge on any atom is 0.191 e. The molecule has 0 heterocycles. The van der Waals surface area contributed by atoms with Gasteiger partial charge in [0.15, 0.2) is 5.96 Å². The van der Waals surface area contributed by atoms with Gasteiger partial charge in [-0.25, -0.2) is 8.78 Å². The van der Waals surface area contributed by atoms with Crippen molar-refractivity contribution in [3.05, 3.63) is 70.8 Å². The fraction of sp³-hybridized carbons (Fsp3) is 0.300. The van der Waals surface area contributed by atoms with Crippen LogP contribution < -0.4 is 10.6 Å². The lowest BCUT2D eigenvalue weighted by Gasteiger charge is -2.19. The van der Waals surface area contributed by atoms with Crippen LogP contribution in [0.4, 0.5) is 8.78 Å². The lowest BCUT2D eigenvalue weighted by molar-refractivity contribution is 0.598. The Morgan fingerprint density at radius 1 is 1.19 bits per heavy atom. The van der Waals surface area contributed by atoms with Gasteiger partial charge in [-0.05, 0) is 48.7 Å². The van der Waals surface area contributed by atoms with Gasteiger partial charge in [-0.3, -0.25) is 4.99 Å². The van der Waals surface area contributed by atoms with Gasteiger partial charge in [0.05, 0.1) is 11.6 Å². The standard InChI is InChI=1S/C20H20F2N4/c1-24-19(25-12-15-9-14(11-23)5-6-18(15)22)26-13-20(7-8-20)16-3-2-4-17(21)10-16/h2-6,9-10H,7-8,12-13H2,1H3,(H2,24,25,26). The summed E-state index contributed by atoms with van der Waals surface area (Å²) in [6, 6.07) is 12.9. The van der Waals surface area contributed by atoms with Crippen molar-refractivity contribution >= 4 is 5.96 Å². The summed E-state index contributed by atoms with van der Waals surface area (Å²) in [6.07, 6.45) is 1.97. The first kappa shape index (κ1) is 17.9. The number of nitrogens with one attached hydrogen (secondary N) is 2. The lowest BCUT2D eigenvalue weighted by atomic mass is 9.96. The molecule has 0 saturated heterocycles. The van der Waals surface area contributed by atoms with E-state index in [1.54, 1.807) is 19.2 Å². The van der Waals surface area contributed by atoms with Crippen molar-refractivity contribution in [2.45, 2.75) is 24.8 Å². The predicted octanol–water partition coefficient (Wildman–Crippen LogP) is 3.23. The van der Waals surface area contributed by atoms with E-state index in [4.69, 9.17) is 5.26 Å². The minimum absolute atomic E-state index is 0.0777. The Morgan fingerprint density at radius 2 is 2.00 bits per heavy atom. The van der Waals surface area contributed by atoms with E-state index in [-0.39, 0.29) is 23.6 Å².